The first-order valence-electron chi connectivity index (χ1n) is 3.75. The van der Waals surface area contributed by atoms with Crippen LogP contribution in [0.3, 0.4) is 0 Å². The van der Waals surface area contributed by atoms with Gasteiger partial charge in [0.15, 0.2) is 0 Å². The van der Waals surface area contributed by atoms with Crippen LogP contribution in [0.15, 0.2) is 24.3 Å². The molecule has 2 nitrogen and oxygen atoms in total. The molecule has 0 unspecified atom stereocenters. The van der Waals surface area contributed by atoms with E-state index in [1.807, 2.05) is 24.3 Å². The molecule has 0 aromatic heterocycles. The van der Waals surface area contributed by atoms with Crippen molar-refractivity contribution in [3.8, 4) is 0 Å². The third-order valence-corrected chi connectivity index (χ3v) is 2.77. The van der Waals surface area contributed by atoms with E-state index in [4.69, 9.17) is 10.2 Å². The maximum absolute atomic E-state index is 8.94. The van der Waals surface area contributed by atoms with Gasteiger partial charge in [0.05, 0.1) is 13.2 Å². The number of rotatable bonds is 3. The molecule has 66 valence electrons. The second-order valence-corrected chi connectivity index (χ2v) is 3.75. The molecule has 3 heteroatoms. The van der Waals surface area contributed by atoms with Crippen molar-refractivity contribution in [2.75, 3.05) is 13.2 Å². The Morgan fingerprint density at radius 1 is 1.17 bits per heavy atom. The van der Waals surface area contributed by atoms with Crippen LogP contribution in [0.2, 0.25) is 0 Å². The highest BCUT2D eigenvalue weighted by atomic mass is 127. The summed E-state index contributed by atoms with van der Waals surface area (Å²) in [6.07, 6.45) is 0. The molecule has 0 radical (unpaired) electrons. The Kier molecular flexibility index (Phi) is 3.97. The summed E-state index contributed by atoms with van der Waals surface area (Å²) in [6.45, 7) is -0.00691. The van der Waals surface area contributed by atoms with Gasteiger partial charge < -0.3 is 10.2 Å². The number of hydrogen-bond donors (Lipinski definition) is 2. The monoisotopic (exact) mass is 278 g/mol. The molecular formula is C9H11IO2. The lowest BCUT2D eigenvalue weighted by Crippen LogP contribution is -2.10. The first kappa shape index (κ1) is 9.95. The highest BCUT2D eigenvalue weighted by Crippen LogP contribution is 2.20. The smallest absolute Gasteiger partial charge is 0.0522 e. The summed E-state index contributed by atoms with van der Waals surface area (Å²) in [5.74, 6) is -0.141. The molecule has 1 aromatic carbocycles. The minimum Gasteiger partial charge on any atom is -0.396 e. The SMILES string of the molecule is OCC(CO)c1ccccc1I. The van der Waals surface area contributed by atoms with Crippen molar-refractivity contribution in [1.29, 1.82) is 0 Å². The lowest BCUT2D eigenvalue weighted by atomic mass is 10.0. The molecule has 0 heterocycles. The van der Waals surface area contributed by atoms with Crippen LogP contribution in [0.1, 0.15) is 11.5 Å². The van der Waals surface area contributed by atoms with Crippen LogP contribution in [0.5, 0.6) is 0 Å². The van der Waals surface area contributed by atoms with E-state index >= 15 is 0 Å². The molecule has 0 fully saturated rings. The summed E-state index contributed by atoms with van der Waals surface area (Å²) in [7, 11) is 0. The summed E-state index contributed by atoms with van der Waals surface area (Å²) >= 11 is 2.20. The fourth-order valence-corrected chi connectivity index (χ4v) is 1.89. The Labute approximate surface area is 85.4 Å². The molecule has 0 bridgehead atoms. The number of benzene rings is 1. The Balaban J connectivity index is 2.92. The molecule has 0 amide bonds. The van der Waals surface area contributed by atoms with Crippen molar-refractivity contribution in [3.63, 3.8) is 0 Å². The number of aliphatic hydroxyl groups is 2. The van der Waals surface area contributed by atoms with Crippen molar-refractivity contribution >= 4 is 22.6 Å². The van der Waals surface area contributed by atoms with Gasteiger partial charge >= 0.3 is 0 Å². The summed E-state index contributed by atoms with van der Waals surface area (Å²) in [5.41, 5.74) is 1.02. The zero-order valence-corrected chi connectivity index (χ0v) is 8.73. The molecular weight excluding hydrogens is 267 g/mol. The number of halogens is 1. The molecule has 0 spiro atoms. The zero-order chi connectivity index (χ0) is 8.97. The van der Waals surface area contributed by atoms with Gasteiger partial charge in [-0.05, 0) is 34.2 Å². The summed E-state index contributed by atoms with van der Waals surface area (Å²) in [4.78, 5) is 0. The Morgan fingerprint density at radius 3 is 2.25 bits per heavy atom. The summed E-state index contributed by atoms with van der Waals surface area (Å²) in [6, 6.07) is 7.75. The van der Waals surface area contributed by atoms with E-state index < -0.39 is 0 Å². The fourth-order valence-electron chi connectivity index (χ4n) is 1.06. The largest absolute Gasteiger partial charge is 0.396 e. The van der Waals surface area contributed by atoms with E-state index in [1.165, 1.54) is 0 Å². The van der Waals surface area contributed by atoms with E-state index in [2.05, 4.69) is 22.6 Å². The van der Waals surface area contributed by atoms with Gasteiger partial charge in [0.1, 0.15) is 0 Å². The van der Waals surface area contributed by atoms with Crippen LogP contribution < -0.4 is 0 Å². The zero-order valence-electron chi connectivity index (χ0n) is 6.57. The Bertz CT molecular complexity index is 246. The van der Waals surface area contributed by atoms with Gasteiger partial charge in [-0.15, -0.1) is 0 Å². The molecule has 0 saturated heterocycles. The van der Waals surface area contributed by atoms with E-state index in [-0.39, 0.29) is 19.1 Å². The fraction of sp³-hybridized carbons (Fsp3) is 0.333. The van der Waals surface area contributed by atoms with Crippen molar-refractivity contribution < 1.29 is 10.2 Å². The second-order valence-electron chi connectivity index (χ2n) is 2.58. The number of aliphatic hydroxyl groups excluding tert-OH is 2. The Hall–Kier alpha value is -0.130. The molecule has 0 saturated carbocycles. The van der Waals surface area contributed by atoms with Crippen molar-refractivity contribution in [2.45, 2.75) is 5.92 Å². The van der Waals surface area contributed by atoms with E-state index in [0.717, 1.165) is 9.13 Å². The second kappa shape index (κ2) is 4.79. The van der Waals surface area contributed by atoms with Gasteiger partial charge in [-0.25, -0.2) is 0 Å². The minimum absolute atomic E-state index is 0.00346. The van der Waals surface area contributed by atoms with Crippen LogP contribution in [-0.2, 0) is 0 Å². The van der Waals surface area contributed by atoms with Crippen LogP contribution in [0.25, 0.3) is 0 Å². The quantitative estimate of drug-likeness (QED) is 0.820. The normalized spacial score (nSPS) is 10.7. The third kappa shape index (κ3) is 2.18. The van der Waals surface area contributed by atoms with Crippen molar-refractivity contribution in [3.05, 3.63) is 33.4 Å². The van der Waals surface area contributed by atoms with Crippen LogP contribution >= 0.6 is 22.6 Å². The number of hydrogen-bond acceptors (Lipinski definition) is 2. The molecule has 0 aliphatic rings. The molecule has 12 heavy (non-hydrogen) atoms. The standard InChI is InChI=1S/C9H11IO2/c10-9-4-2-1-3-8(9)7(5-11)6-12/h1-4,7,11-12H,5-6H2. The van der Waals surface area contributed by atoms with Gasteiger partial charge in [0, 0.05) is 9.49 Å². The molecule has 0 aliphatic carbocycles. The maximum Gasteiger partial charge on any atom is 0.0522 e. The molecule has 1 rings (SSSR count). The van der Waals surface area contributed by atoms with E-state index in [1.54, 1.807) is 0 Å². The topological polar surface area (TPSA) is 40.5 Å². The average Bonchev–Trinajstić information content (AvgIpc) is 2.10. The van der Waals surface area contributed by atoms with Gasteiger partial charge in [-0.2, -0.15) is 0 Å². The molecule has 2 N–H and O–H groups in total. The predicted molar refractivity (Wildman–Crippen MR) is 56.1 cm³/mol. The van der Waals surface area contributed by atoms with Crippen LogP contribution in [-0.4, -0.2) is 23.4 Å². The highest BCUT2D eigenvalue weighted by molar-refractivity contribution is 14.1. The van der Waals surface area contributed by atoms with Crippen LogP contribution in [0.4, 0.5) is 0 Å². The van der Waals surface area contributed by atoms with Crippen molar-refractivity contribution in [2.24, 2.45) is 0 Å². The van der Waals surface area contributed by atoms with Crippen LogP contribution in [0, 0.1) is 3.57 Å². The predicted octanol–water partition coefficient (Wildman–Crippen LogP) is 1.36. The van der Waals surface area contributed by atoms with Gasteiger partial charge in [-0.3, -0.25) is 0 Å². The van der Waals surface area contributed by atoms with Crippen molar-refractivity contribution in [1.82, 2.24) is 0 Å². The lowest BCUT2D eigenvalue weighted by molar-refractivity contribution is 0.192. The molecule has 0 aliphatic heterocycles. The first-order valence-corrected chi connectivity index (χ1v) is 4.83. The maximum atomic E-state index is 8.94. The first-order chi connectivity index (χ1) is 5.79. The lowest BCUT2D eigenvalue weighted by Gasteiger charge is -2.12. The summed E-state index contributed by atoms with van der Waals surface area (Å²) in [5, 5.41) is 17.9. The van der Waals surface area contributed by atoms with Gasteiger partial charge in [0.25, 0.3) is 0 Å². The molecule has 1 aromatic rings. The minimum atomic E-state index is -0.141. The average molecular weight is 278 g/mol. The van der Waals surface area contributed by atoms with Gasteiger partial charge in [0.2, 0.25) is 0 Å². The third-order valence-electron chi connectivity index (χ3n) is 1.79. The Morgan fingerprint density at radius 2 is 1.75 bits per heavy atom. The van der Waals surface area contributed by atoms with E-state index in [9.17, 15) is 0 Å². The van der Waals surface area contributed by atoms with E-state index in [0.29, 0.717) is 0 Å². The van der Waals surface area contributed by atoms with Gasteiger partial charge in [-0.1, -0.05) is 18.2 Å². The summed E-state index contributed by atoms with van der Waals surface area (Å²) < 4.78 is 1.09. The molecule has 0 atom stereocenters. The highest BCUT2D eigenvalue weighted by Gasteiger charge is 2.10.